The van der Waals surface area contributed by atoms with Gasteiger partial charge in [0.1, 0.15) is 0 Å². The van der Waals surface area contributed by atoms with Crippen LogP contribution in [-0.2, 0) is 6.42 Å². The van der Waals surface area contributed by atoms with Crippen molar-refractivity contribution in [3.05, 3.63) is 42.0 Å². The molecule has 3 nitrogen and oxygen atoms in total. The summed E-state index contributed by atoms with van der Waals surface area (Å²) in [5.41, 5.74) is 3.48. The topological polar surface area (TPSA) is 35.0 Å². The average molecular weight is 423 g/mol. The van der Waals surface area contributed by atoms with Crippen LogP contribution in [0.4, 0.5) is 0 Å². The summed E-state index contributed by atoms with van der Waals surface area (Å²) in [6, 6.07) is 12.8. The van der Waals surface area contributed by atoms with Crippen molar-refractivity contribution in [2.24, 2.45) is 11.8 Å². The summed E-state index contributed by atoms with van der Waals surface area (Å²) < 4.78 is 5.61. The molecule has 0 unspecified atom stereocenters. The van der Waals surface area contributed by atoms with Crippen molar-refractivity contribution < 1.29 is 4.74 Å². The highest BCUT2D eigenvalue weighted by molar-refractivity contribution is 5.59. The molecule has 0 radical (unpaired) electrons. The van der Waals surface area contributed by atoms with Gasteiger partial charge in [0.25, 0.3) is 0 Å². The SMILES string of the molecule is CCCCCCC1CCC(CCc2ccc(-c3ccc(OCCCC)nn3)cc2)CC1. The van der Waals surface area contributed by atoms with E-state index in [4.69, 9.17) is 4.74 Å². The highest BCUT2D eigenvalue weighted by Crippen LogP contribution is 2.34. The maximum atomic E-state index is 5.61. The molecule has 31 heavy (non-hydrogen) atoms. The summed E-state index contributed by atoms with van der Waals surface area (Å²) in [6.07, 6.45) is 17.7. The summed E-state index contributed by atoms with van der Waals surface area (Å²) in [5.74, 6) is 2.55. The Morgan fingerprint density at radius 2 is 1.45 bits per heavy atom. The van der Waals surface area contributed by atoms with Gasteiger partial charge >= 0.3 is 0 Å². The van der Waals surface area contributed by atoms with Crippen LogP contribution < -0.4 is 4.74 Å². The van der Waals surface area contributed by atoms with E-state index in [9.17, 15) is 0 Å². The largest absolute Gasteiger partial charge is 0.477 e. The normalized spacial score (nSPS) is 18.8. The lowest BCUT2D eigenvalue weighted by Gasteiger charge is -2.28. The lowest BCUT2D eigenvalue weighted by atomic mass is 9.77. The minimum absolute atomic E-state index is 0.615. The van der Waals surface area contributed by atoms with Crippen LogP contribution in [0.5, 0.6) is 5.88 Å². The van der Waals surface area contributed by atoms with Gasteiger partial charge in [0.05, 0.1) is 12.3 Å². The first kappa shape index (κ1) is 23.8. The van der Waals surface area contributed by atoms with Crippen molar-refractivity contribution in [3.8, 4) is 17.1 Å². The first-order valence-electron chi connectivity index (χ1n) is 12.8. The summed E-state index contributed by atoms with van der Waals surface area (Å²) in [6.45, 7) is 5.16. The fourth-order valence-corrected chi connectivity index (χ4v) is 4.75. The molecule has 170 valence electrons. The van der Waals surface area contributed by atoms with Gasteiger partial charge in [-0.15, -0.1) is 10.2 Å². The van der Waals surface area contributed by atoms with Gasteiger partial charge in [0.2, 0.25) is 5.88 Å². The third-order valence-corrected chi connectivity index (χ3v) is 6.91. The second-order valence-corrected chi connectivity index (χ2v) is 9.43. The van der Waals surface area contributed by atoms with Gasteiger partial charge < -0.3 is 4.74 Å². The molecule has 0 atom stereocenters. The highest BCUT2D eigenvalue weighted by atomic mass is 16.5. The number of ether oxygens (including phenoxy) is 1. The number of aromatic nitrogens is 2. The van der Waals surface area contributed by atoms with E-state index >= 15 is 0 Å². The molecule has 0 aliphatic heterocycles. The number of hydrogen-bond donors (Lipinski definition) is 0. The molecule has 2 aromatic rings. The minimum atomic E-state index is 0.615. The summed E-state index contributed by atoms with van der Waals surface area (Å²) in [7, 11) is 0. The summed E-state index contributed by atoms with van der Waals surface area (Å²) >= 11 is 0. The van der Waals surface area contributed by atoms with Gasteiger partial charge in [-0.2, -0.15) is 0 Å². The third-order valence-electron chi connectivity index (χ3n) is 6.91. The zero-order valence-electron chi connectivity index (χ0n) is 19.8. The fourth-order valence-electron chi connectivity index (χ4n) is 4.75. The van der Waals surface area contributed by atoms with Crippen LogP contribution in [0.1, 0.15) is 96.5 Å². The zero-order valence-corrected chi connectivity index (χ0v) is 19.8. The lowest BCUT2D eigenvalue weighted by Crippen LogP contribution is -2.15. The zero-order chi connectivity index (χ0) is 21.7. The number of rotatable bonds is 13. The van der Waals surface area contributed by atoms with Gasteiger partial charge in [-0.3, -0.25) is 0 Å². The van der Waals surface area contributed by atoms with E-state index in [0.717, 1.165) is 35.9 Å². The van der Waals surface area contributed by atoms with Gasteiger partial charge in [0.15, 0.2) is 0 Å². The molecular weight excluding hydrogens is 380 g/mol. The van der Waals surface area contributed by atoms with E-state index < -0.39 is 0 Å². The van der Waals surface area contributed by atoms with E-state index in [1.165, 1.54) is 76.2 Å². The van der Waals surface area contributed by atoms with E-state index in [2.05, 4.69) is 48.3 Å². The molecule has 1 heterocycles. The van der Waals surface area contributed by atoms with E-state index in [-0.39, 0.29) is 0 Å². The van der Waals surface area contributed by atoms with Crippen molar-refractivity contribution in [2.45, 2.75) is 97.3 Å². The second-order valence-electron chi connectivity index (χ2n) is 9.43. The summed E-state index contributed by atoms with van der Waals surface area (Å²) in [5, 5.41) is 8.55. The van der Waals surface area contributed by atoms with Gasteiger partial charge in [0, 0.05) is 11.6 Å². The van der Waals surface area contributed by atoms with Crippen molar-refractivity contribution in [1.82, 2.24) is 10.2 Å². The monoisotopic (exact) mass is 422 g/mol. The molecule has 1 aromatic heterocycles. The number of unbranched alkanes of at least 4 members (excludes halogenated alkanes) is 4. The Morgan fingerprint density at radius 1 is 0.742 bits per heavy atom. The van der Waals surface area contributed by atoms with Crippen LogP contribution in [0.3, 0.4) is 0 Å². The van der Waals surface area contributed by atoms with Gasteiger partial charge in [-0.25, -0.2) is 0 Å². The maximum Gasteiger partial charge on any atom is 0.233 e. The molecule has 3 heteroatoms. The standard InChI is InChI=1S/C28H42N2O/c1-3-5-7-8-9-23-10-12-24(13-11-23)14-15-25-16-18-26(19-17-25)27-20-21-28(30-29-27)31-22-6-4-2/h16-21,23-24H,3-15,22H2,1-2H3. The number of aryl methyl sites for hydroxylation is 1. The van der Waals surface area contributed by atoms with E-state index in [1.807, 2.05) is 12.1 Å². The van der Waals surface area contributed by atoms with Crippen molar-refractivity contribution >= 4 is 0 Å². The molecule has 0 saturated heterocycles. The molecule has 0 amide bonds. The number of benzene rings is 1. The first-order valence-corrected chi connectivity index (χ1v) is 12.8. The first-order chi connectivity index (χ1) is 15.3. The molecule has 0 spiro atoms. The predicted molar refractivity (Wildman–Crippen MR) is 130 cm³/mol. The van der Waals surface area contributed by atoms with Crippen molar-refractivity contribution in [1.29, 1.82) is 0 Å². The van der Waals surface area contributed by atoms with Crippen LogP contribution in [0.2, 0.25) is 0 Å². The Balaban J connectivity index is 1.38. The van der Waals surface area contributed by atoms with Gasteiger partial charge in [-0.05, 0) is 42.7 Å². The predicted octanol–water partition coefficient (Wildman–Crippen LogP) is 8.03. The van der Waals surface area contributed by atoms with Crippen LogP contribution in [0.25, 0.3) is 11.3 Å². The highest BCUT2D eigenvalue weighted by Gasteiger charge is 2.20. The van der Waals surface area contributed by atoms with Crippen LogP contribution in [0.15, 0.2) is 36.4 Å². The molecule has 1 saturated carbocycles. The molecule has 3 rings (SSSR count). The molecule has 0 N–H and O–H groups in total. The Kier molecular flexibility index (Phi) is 10.3. The summed E-state index contributed by atoms with van der Waals surface area (Å²) in [4.78, 5) is 0. The molecular formula is C28H42N2O. The third kappa shape index (κ3) is 8.27. The van der Waals surface area contributed by atoms with E-state index in [0.29, 0.717) is 12.5 Å². The van der Waals surface area contributed by atoms with Crippen LogP contribution in [0, 0.1) is 11.8 Å². The number of nitrogens with zero attached hydrogens (tertiary/aromatic N) is 2. The van der Waals surface area contributed by atoms with E-state index in [1.54, 1.807) is 0 Å². The molecule has 1 fully saturated rings. The lowest BCUT2D eigenvalue weighted by molar-refractivity contribution is 0.249. The van der Waals surface area contributed by atoms with Crippen LogP contribution in [-0.4, -0.2) is 16.8 Å². The molecule has 1 aliphatic carbocycles. The van der Waals surface area contributed by atoms with Crippen molar-refractivity contribution in [3.63, 3.8) is 0 Å². The Labute approximate surface area is 190 Å². The Bertz CT molecular complexity index is 718. The number of hydrogen-bond acceptors (Lipinski definition) is 3. The van der Waals surface area contributed by atoms with Crippen molar-refractivity contribution in [2.75, 3.05) is 6.61 Å². The molecule has 0 bridgehead atoms. The van der Waals surface area contributed by atoms with Gasteiger partial charge in [-0.1, -0.05) is 102 Å². The Morgan fingerprint density at radius 3 is 2.10 bits per heavy atom. The average Bonchev–Trinajstić information content (AvgIpc) is 2.82. The minimum Gasteiger partial charge on any atom is -0.477 e. The quantitative estimate of drug-likeness (QED) is 0.306. The smallest absolute Gasteiger partial charge is 0.233 e. The fraction of sp³-hybridized carbons (Fsp3) is 0.643. The Hall–Kier alpha value is -1.90. The maximum absolute atomic E-state index is 5.61. The van der Waals surface area contributed by atoms with Crippen LogP contribution >= 0.6 is 0 Å². The molecule has 1 aliphatic rings. The molecule has 1 aromatic carbocycles. The second kappa shape index (κ2) is 13.5.